The molecular weight excluding hydrogens is 316 g/mol. The Morgan fingerprint density at radius 2 is 1.80 bits per heavy atom. The number of pyridine rings is 1. The second kappa shape index (κ2) is 6.81. The number of fused-ring (bicyclic) bond motifs is 1. The van der Waals surface area contributed by atoms with Crippen molar-refractivity contribution in [1.82, 2.24) is 9.72 Å². The number of ether oxygens (including phenoxy) is 1. The fourth-order valence-electron chi connectivity index (χ4n) is 2.78. The lowest BCUT2D eigenvalue weighted by atomic mass is 10.0. The van der Waals surface area contributed by atoms with E-state index in [1.54, 1.807) is 17.7 Å². The Balaban J connectivity index is 2.14. The topological polar surface area (TPSA) is 59.8 Å². The number of ketones is 1. The molecule has 0 unspecified atom stereocenters. The Morgan fingerprint density at radius 1 is 1.08 bits per heavy atom. The van der Waals surface area contributed by atoms with E-state index in [0.29, 0.717) is 5.69 Å². The summed E-state index contributed by atoms with van der Waals surface area (Å²) < 4.78 is 6.94. The van der Waals surface area contributed by atoms with Crippen LogP contribution in [0, 0.1) is 0 Å². The van der Waals surface area contributed by atoms with E-state index < -0.39 is 11.7 Å². The molecule has 0 atom stereocenters. The maximum Gasteiger partial charge on any atom is 0.294 e. The van der Waals surface area contributed by atoms with Crippen molar-refractivity contribution >= 4 is 17.2 Å². The lowest BCUT2D eigenvalue weighted by Crippen LogP contribution is -2.36. The molecule has 1 aromatic carbocycles. The van der Waals surface area contributed by atoms with Crippen molar-refractivity contribution in [3.05, 3.63) is 60.4 Å². The predicted molar refractivity (Wildman–Crippen MR) is 97.0 cm³/mol. The minimum atomic E-state index is -0.603. The standard InChI is InChI=1S/C20H20N2O3/c1-13(2)21-20(24)19(23)18-17(12-15-6-4-5-11-22(15)18)14-7-9-16(25-3)10-8-14/h4-13H,1-3H3,(H,21,24). The first-order valence-electron chi connectivity index (χ1n) is 8.11. The van der Waals surface area contributed by atoms with Crippen LogP contribution in [-0.4, -0.2) is 29.2 Å². The first kappa shape index (κ1) is 16.8. The van der Waals surface area contributed by atoms with E-state index in [2.05, 4.69) is 5.32 Å². The summed E-state index contributed by atoms with van der Waals surface area (Å²) >= 11 is 0. The Hall–Kier alpha value is -3.08. The minimum Gasteiger partial charge on any atom is -0.497 e. The molecule has 0 saturated heterocycles. The molecule has 0 saturated carbocycles. The van der Waals surface area contributed by atoms with Crippen LogP contribution in [0.3, 0.4) is 0 Å². The molecule has 0 aliphatic heterocycles. The maximum atomic E-state index is 12.8. The summed E-state index contributed by atoms with van der Waals surface area (Å²) in [4.78, 5) is 25.1. The third-order valence-corrected chi connectivity index (χ3v) is 3.92. The molecule has 0 fully saturated rings. The predicted octanol–water partition coefficient (Wildman–Crippen LogP) is 3.32. The molecule has 25 heavy (non-hydrogen) atoms. The number of amides is 1. The van der Waals surface area contributed by atoms with Gasteiger partial charge in [0.05, 0.1) is 7.11 Å². The van der Waals surface area contributed by atoms with Crippen molar-refractivity contribution in [1.29, 1.82) is 0 Å². The van der Waals surface area contributed by atoms with E-state index in [-0.39, 0.29) is 6.04 Å². The molecule has 1 N–H and O–H groups in total. The molecule has 0 aliphatic rings. The van der Waals surface area contributed by atoms with Crippen LogP contribution in [0.2, 0.25) is 0 Å². The van der Waals surface area contributed by atoms with Gasteiger partial charge in [-0.15, -0.1) is 0 Å². The SMILES string of the molecule is COc1ccc(-c2cc3ccccn3c2C(=O)C(=O)NC(C)C)cc1. The van der Waals surface area contributed by atoms with Gasteiger partial charge in [-0.1, -0.05) is 18.2 Å². The smallest absolute Gasteiger partial charge is 0.294 e. The van der Waals surface area contributed by atoms with E-state index in [1.165, 1.54) is 0 Å². The first-order valence-corrected chi connectivity index (χ1v) is 8.11. The van der Waals surface area contributed by atoms with Gasteiger partial charge in [-0.25, -0.2) is 0 Å². The zero-order valence-electron chi connectivity index (χ0n) is 14.4. The molecule has 0 radical (unpaired) electrons. The largest absolute Gasteiger partial charge is 0.497 e. The normalized spacial score (nSPS) is 10.9. The van der Waals surface area contributed by atoms with E-state index in [0.717, 1.165) is 22.4 Å². The number of benzene rings is 1. The van der Waals surface area contributed by atoms with Gasteiger partial charge in [0.2, 0.25) is 0 Å². The number of nitrogens with zero attached hydrogens (tertiary/aromatic N) is 1. The molecule has 1 amide bonds. The lowest BCUT2D eigenvalue weighted by Gasteiger charge is -2.10. The third kappa shape index (κ3) is 3.26. The molecule has 0 aliphatic carbocycles. The lowest BCUT2D eigenvalue weighted by molar-refractivity contribution is -0.117. The number of methoxy groups -OCH3 is 1. The van der Waals surface area contributed by atoms with Gasteiger partial charge in [0.1, 0.15) is 11.4 Å². The number of Topliss-reactive ketones (excluding diaryl/α,β-unsaturated/α-hetero) is 1. The van der Waals surface area contributed by atoms with Gasteiger partial charge in [0.25, 0.3) is 11.7 Å². The van der Waals surface area contributed by atoms with Crippen LogP contribution in [0.4, 0.5) is 0 Å². The first-order chi connectivity index (χ1) is 12.0. The quantitative estimate of drug-likeness (QED) is 0.574. The number of hydrogen-bond donors (Lipinski definition) is 1. The summed E-state index contributed by atoms with van der Waals surface area (Å²) in [7, 11) is 1.60. The number of carbonyl (C=O) groups excluding carboxylic acids is 2. The van der Waals surface area contributed by atoms with E-state index in [4.69, 9.17) is 4.74 Å². The van der Waals surface area contributed by atoms with E-state index in [1.807, 2.05) is 62.4 Å². The Morgan fingerprint density at radius 3 is 2.44 bits per heavy atom. The van der Waals surface area contributed by atoms with Crippen molar-refractivity contribution in [2.45, 2.75) is 19.9 Å². The molecular formula is C20H20N2O3. The van der Waals surface area contributed by atoms with E-state index in [9.17, 15) is 9.59 Å². The summed E-state index contributed by atoms with van der Waals surface area (Å²) in [5, 5.41) is 2.67. The van der Waals surface area contributed by atoms with Crippen molar-refractivity contribution in [3.8, 4) is 16.9 Å². The van der Waals surface area contributed by atoms with Gasteiger partial charge in [0, 0.05) is 23.3 Å². The molecule has 2 aromatic heterocycles. The molecule has 5 heteroatoms. The highest BCUT2D eigenvalue weighted by Crippen LogP contribution is 2.29. The Labute approximate surface area is 146 Å². The summed E-state index contributed by atoms with van der Waals surface area (Å²) in [6, 6.07) is 14.9. The molecule has 128 valence electrons. The van der Waals surface area contributed by atoms with Crippen LogP contribution in [0.25, 0.3) is 16.6 Å². The summed E-state index contributed by atoms with van der Waals surface area (Å²) in [6.45, 7) is 3.65. The minimum absolute atomic E-state index is 0.105. The highest BCUT2D eigenvalue weighted by molar-refractivity contribution is 6.43. The Kier molecular flexibility index (Phi) is 4.57. The van der Waals surface area contributed by atoms with Crippen molar-refractivity contribution < 1.29 is 14.3 Å². The van der Waals surface area contributed by atoms with Crippen LogP contribution in [-0.2, 0) is 4.79 Å². The van der Waals surface area contributed by atoms with Crippen molar-refractivity contribution in [2.75, 3.05) is 7.11 Å². The zero-order valence-corrected chi connectivity index (χ0v) is 14.4. The second-order valence-electron chi connectivity index (χ2n) is 6.09. The summed E-state index contributed by atoms with van der Waals surface area (Å²) in [5.74, 6) is -0.419. The number of aromatic nitrogens is 1. The van der Waals surface area contributed by atoms with Gasteiger partial charge in [0.15, 0.2) is 0 Å². The fourth-order valence-corrected chi connectivity index (χ4v) is 2.78. The van der Waals surface area contributed by atoms with Gasteiger partial charge in [-0.3, -0.25) is 9.59 Å². The molecule has 3 rings (SSSR count). The average molecular weight is 336 g/mol. The number of nitrogens with one attached hydrogen (secondary N) is 1. The van der Waals surface area contributed by atoms with Crippen LogP contribution < -0.4 is 10.1 Å². The summed E-state index contributed by atoms with van der Waals surface area (Å²) in [6.07, 6.45) is 1.79. The number of carbonyl (C=O) groups is 2. The van der Waals surface area contributed by atoms with E-state index >= 15 is 0 Å². The monoisotopic (exact) mass is 336 g/mol. The van der Waals surface area contributed by atoms with Crippen molar-refractivity contribution in [3.63, 3.8) is 0 Å². The van der Waals surface area contributed by atoms with Gasteiger partial charge < -0.3 is 14.5 Å². The maximum absolute atomic E-state index is 12.8. The third-order valence-electron chi connectivity index (χ3n) is 3.92. The molecule has 2 heterocycles. The van der Waals surface area contributed by atoms with Crippen molar-refractivity contribution in [2.24, 2.45) is 0 Å². The number of hydrogen-bond acceptors (Lipinski definition) is 3. The molecule has 0 spiro atoms. The van der Waals surface area contributed by atoms with Crippen LogP contribution in [0.1, 0.15) is 24.3 Å². The average Bonchev–Trinajstić information content (AvgIpc) is 3.00. The molecule has 5 nitrogen and oxygen atoms in total. The number of rotatable bonds is 5. The second-order valence-corrected chi connectivity index (χ2v) is 6.09. The highest BCUT2D eigenvalue weighted by atomic mass is 16.5. The van der Waals surface area contributed by atoms with Crippen LogP contribution in [0.15, 0.2) is 54.7 Å². The van der Waals surface area contributed by atoms with Gasteiger partial charge in [-0.05, 0) is 49.7 Å². The van der Waals surface area contributed by atoms with Crippen LogP contribution in [0.5, 0.6) is 5.75 Å². The molecule has 0 bridgehead atoms. The fraction of sp³-hybridized carbons (Fsp3) is 0.200. The van der Waals surface area contributed by atoms with Gasteiger partial charge in [-0.2, -0.15) is 0 Å². The van der Waals surface area contributed by atoms with Crippen LogP contribution >= 0.6 is 0 Å². The zero-order chi connectivity index (χ0) is 18.0. The highest BCUT2D eigenvalue weighted by Gasteiger charge is 2.24. The Bertz CT molecular complexity index is 924. The molecule has 3 aromatic rings. The van der Waals surface area contributed by atoms with Gasteiger partial charge >= 0.3 is 0 Å². The summed E-state index contributed by atoms with van der Waals surface area (Å²) in [5.41, 5.74) is 2.79.